The predicted molar refractivity (Wildman–Crippen MR) is 98.3 cm³/mol. The number of hydrogen-bond acceptors (Lipinski definition) is 4. The molecule has 0 spiro atoms. The molecule has 0 atom stereocenters. The second kappa shape index (κ2) is 8.94. The molecular formula is C21H23NO4. The number of carbonyl (C=O) groups is 3. The molecule has 2 aromatic carbocycles. The van der Waals surface area contributed by atoms with E-state index in [1.54, 1.807) is 12.1 Å². The zero-order valence-corrected chi connectivity index (χ0v) is 15.3. The number of hydrogen-bond donors (Lipinski definition) is 0. The third kappa shape index (κ3) is 4.79. The molecule has 1 aliphatic heterocycles. The number of carbonyl (C=O) groups excluding carboxylic acids is 3. The number of aryl methyl sites for hydroxylation is 1. The van der Waals surface area contributed by atoms with Gasteiger partial charge in [0.05, 0.1) is 5.56 Å². The van der Waals surface area contributed by atoms with E-state index in [0.717, 1.165) is 12.0 Å². The van der Waals surface area contributed by atoms with Crippen molar-refractivity contribution in [3.05, 3.63) is 70.8 Å². The third-order valence-electron chi connectivity index (χ3n) is 3.86. The van der Waals surface area contributed by atoms with Crippen LogP contribution in [0.25, 0.3) is 0 Å². The molecule has 0 aromatic heterocycles. The Morgan fingerprint density at radius 3 is 2.15 bits per heavy atom. The highest BCUT2D eigenvalue weighted by Gasteiger charge is 2.33. The van der Waals surface area contributed by atoms with Gasteiger partial charge in [-0.1, -0.05) is 55.8 Å². The molecule has 5 nitrogen and oxygen atoms in total. The summed E-state index contributed by atoms with van der Waals surface area (Å²) in [4.78, 5) is 39.9. The molecule has 0 bridgehead atoms. The van der Waals surface area contributed by atoms with E-state index in [0.29, 0.717) is 10.6 Å². The second-order valence-electron chi connectivity index (χ2n) is 5.82. The number of nitrogens with zero attached hydrogens (tertiary/aromatic N) is 1. The number of amides is 2. The summed E-state index contributed by atoms with van der Waals surface area (Å²) < 4.78 is 0. The molecular weight excluding hydrogens is 330 g/mol. The van der Waals surface area contributed by atoms with Crippen LogP contribution in [0.3, 0.4) is 0 Å². The lowest BCUT2D eigenvalue weighted by atomic mass is 10.0. The highest BCUT2D eigenvalue weighted by atomic mass is 16.7. The van der Waals surface area contributed by atoms with Gasteiger partial charge >= 0.3 is 5.97 Å². The smallest absolute Gasteiger partial charge is 0.325 e. The molecule has 3 rings (SSSR count). The molecule has 0 unspecified atom stereocenters. The lowest BCUT2D eigenvalue weighted by Crippen LogP contribution is -2.32. The Kier molecular flexibility index (Phi) is 6.67. The Hall–Kier alpha value is -2.95. The van der Waals surface area contributed by atoms with Gasteiger partial charge in [0.2, 0.25) is 0 Å². The number of rotatable bonds is 4. The Bertz CT molecular complexity index is 780. The molecule has 0 radical (unpaired) electrons. The van der Waals surface area contributed by atoms with Crippen LogP contribution < -0.4 is 0 Å². The minimum absolute atomic E-state index is 0.0849. The normalized spacial score (nSPS) is 13.3. The minimum atomic E-state index is -0.708. The standard InChI is InChI=1S/C19H17NO4.C2H6/c1-13-3-2-4-15(11-13)12-14-5-7-16(8-6-14)19(23)24-20-17(21)9-10-18(20)22;1-2/h2-8,11H,9-10,12H2,1H3;1-2H3. The molecule has 26 heavy (non-hydrogen) atoms. The maximum Gasteiger partial charge on any atom is 0.363 e. The van der Waals surface area contributed by atoms with Crippen molar-refractivity contribution in [3.63, 3.8) is 0 Å². The Labute approximate surface area is 153 Å². The van der Waals surface area contributed by atoms with Crippen LogP contribution in [-0.4, -0.2) is 22.8 Å². The van der Waals surface area contributed by atoms with Crippen molar-refractivity contribution in [2.45, 2.75) is 40.0 Å². The van der Waals surface area contributed by atoms with Crippen LogP contribution in [0.2, 0.25) is 0 Å². The molecule has 136 valence electrons. The first-order valence-electron chi connectivity index (χ1n) is 8.75. The number of imide groups is 1. The highest BCUT2D eigenvalue weighted by Crippen LogP contribution is 2.16. The SMILES string of the molecule is CC.Cc1cccc(Cc2ccc(C(=O)ON3C(=O)CCC3=O)cc2)c1. The van der Waals surface area contributed by atoms with Crippen LogP contribution in [0.15, 0.2) is 48.5 Å². The monoisotopic (exact) mass is 353 g/mol. The van der Waals surface area contributed by atoms with Crippen molar-refractivity contribution in [1.82, 2.24) is 5.06 Å². The summed E-state index contributed by atoms with van der Waals surface area (Å²) in [6.07, 6.45) is 0.934. The van der Waals surface area contributed by atoms with Crippen LogP contribution >= 0.6 is 0 Å². The van der Waals surface area contributed by atoms with Gasteiger partial charge in [-0.2, -0.15) is 0 Å². The van der Waals surface area contributed by atoms with Crippen molar-refractivity contribution in [2.24, 2.45) is 0 Å². The summed E-state index contributed by atoms with van der Waals surface area (Å²) in [7, 11) is 0. The van der Waals surface area contributed by atoms with Crippen LogP contribution in [0, 0.1) is 6.92 Å². The summed E-state index contributed by atoms with van der Waals surface area (Å²) >= 11 is 0. The van der Waals surface area contributed by atoms with E-state index < -0.39 is 17.8 Å². The summed E-state index contributed by atoms with van der Waals surface area (Å²) in [6.45, 7) is 6.05. The van der Waals surface area contributed by atoms with Crippen molar-refractivity contribution in [2.75, 3.05) is 0 Å². The Morgan fingerprint density at radius 1 is 0.962 bits per heavy atom. The summed E-state index contributed by atoms with van der Waals surface area (Å²) in [5, 5.41) is 0.559. The molecule has 1 saturated heterocycles. The third-order valence-corrected chi connectivity index (χ3v) is 3.86. The molecule has 0 aliphatic carbocycles. The van der Waals surface area contributed by atoms with E-state index >= 15 is 0 Å². The molecule has 0 N–H and O–H groups in total. The van der Waals surface area contributed by atoms with Gasteiger partial charge in [0.15, 0.2) is 0 Å². The van der Waals surface area contributed by atoms with Crippen molar-refractivity contribution >= 4 is 17.8 Å². The van der Waals surface area contributed by atoms with Gasteiger partial charge in [0, 0.05) is 12.8 Å². The first-order chi connectivity index (χ1) is 12.5. The van der Waals surface area contributed by atoms with Crippen LogP contribution in [0.1, 0.15) is 53.7 Å². The first-order valence-corrected chi connectivity index (χ1v) is 8.75. The molecule has 1 aliphatic rings. The lowest BCUT2D eigenvalue weighted by molar-refractivity contribution is -0.172. The van der Waals surface area contributed by atoms with Crippen LogP contribution in [0.5, 0.6) is 0 Å². The fourth-order valence-corrected chi connectivity index (χ4v) is 2.61. The largest absolute Gasteiger partial charge is 0.363 e. The minimum Gasteiger partial charge on any atom is -0.325 e. The topological polar surface area (TPSA) is 63.7 Å². The molecule has 1 fully saturated rings. The van der Waals surface area contributed by atoms with Crippen molar-refractivity contribution < 1.29 is 19.2 Å². The van der Waals surface area contributed by atoms with E-state index in [1.807, 2.05) is 45.0 Å². The Morgan fingerprint density at radius 2 is 1.58 bits per heavy atom. The van der Waals surface area contributed by atoms with Gasteiger partial charge in [-0.3, -0.25) is 9.59 Å². The molecule has 5 heteroatoms. The zero-order chi connectivity index (χ0) is 19.1. The van der Waals surface area contributed by atoms with E-state index in [1.165, 1.54) is 11.1 Å². The molecule has 2 amide bonds. The van der Waals surface area contributed by atoms with Gasteiger partial charge in [0.1, 0.15) is 0 Å². The second-order valence-corrected chi connectivity index (χ2v) is 5.82. The fourth-order valence-electron chi connectivity index (χ4n) is 2.61. The number of benzene rings is 2. The van der Waals surface area contributed by atoms with Gasteiger partial charge in [-0.25, -0.2) is 4.79 Å². The predicted octanol–water partition coefficient (Wildman–Crippen LogP) is 3.83. The zero-order valence-electron chi connectivity index (χ0n) is 15.3. The van der Waals surface area contributed by atoms with E-state index in [-0.39, 0.29) is 12.8 Å². The summed E-state index contributed by atoms with van der Waals surface area (Å²) in [5.74, 6) is -1.67. The van der Waals surface area contributed by atoms with Gasteiger partial charge in [0.25, 0.3) is 11.8 Å². The molecule has 0 saturated carbocycles. The van der Waals surface area contributed by atoms with E-state index in [4.69, 9.17) is 4.84 Å². The van der Waals surface area contributed by atoms with Crippen LogP contribution in [-0.2, 0) is 20.8 Å². The van der Waals surface area contributed by atoms with Gasteiger partial charge in [-0.05, 0) is 36.6 Å². The quantitative estimate of drug-likeness (QED) is 0.784. The summed E-state index contributed by atoms with van der Waals surface area (Å²) in [6, 6.07) is 15.2. The van der Waals surface area contributed by atoms with Crippen molar-refractivity contribution in [1.29, 1.82) is 0 Å². The molecule has 1 heterocycles. The Balaban J connectivity index is 0.00000117. The lowest BCUT2D eigenvalue weighted by Gasteiger charge is -2.12. The van der Waals surface area contributed by atoms with E-state index in [2.05, 4.69) is 12.1 Å². The van der Waals surface area contributed by atoms with Crippen molar-refractivity contribution in [3.8, 4) is 0 Å². The average molecular weight is 353 g/mol. The van der Waals surface area contributed by atoms with Gasteiger partial charge in [-0.15, -0.1) is 5.06 Å². The molecule has 2 aromatic rings. The number of hydroxylamine groups is 2. The fraction of sp³-hybridized carbons (Fsp3) is 0.286. The average Bonchev–Trinajstić information content (AvgIpc) is 2.96. The van der Waals surface area contributed by atoms with Crippen LogP contribution in [0.4, 0.5) is 0 Å². The maximum atomic E-state index is 12.0. The van der Waals surface area contributed by atoms with E-state index in [9.17, 15) is 14.4 Å². The maximum absolute atomic E-state index is 12.0. The summed E-state index contributed by atoms with van der Waals surface area (Å²) in [5.41, 5.74) is 3.76. The van der Waals surface area contributed by atoms with Gasteiger partial charge < -0.3 is 4.84 Å². The highest BCUT2D eigenvalue weighted by molar-refractivity contribution is 6.02. The first kappa shape index (κ1) is 19.4.